The van der Waals surface area contributed by atoms with Crippen molar-refractivity contribution in [1.82, 2.24) is 4.72 Å². The highest BCUT2D eigenvalue weighted by molar-refractivity contribution is 7.89. The van der Waals surface area contributed by atoms with Crippen LogP contribution in [0.25, 0.3) is 0 Å². The minimum Gasteiger partial charge on any atom is -0.397 e. The summed E-state index contributed by atoms with van der Waals surface area (Å²) in [5, 5.41) is 0.365. The van der Waals surface area contributed by atoms with Crippen molar-refractivity contribution in [1.29, 1.82) is 0 Å². The van der Waals surface area contributed by atoms with Gasteiger partial charge < -0.3 is 5.73 Å². The van der Waals surface area contributed by atoms with Crippen LogP contribution in [0.4, 0.5) is 5.69 Å². The van der Waals surface area contributed by atoms with Crippen LogP contribution in [0.2, 0.25) is 5.02 Å². The first-order chi connectivity index (χ1) is 9.28. The third-order valence-corrected chi connectivity index (χ3v) is 5.64. The number of nitrogens with one attached hydrogen (secondary N) is 1. The molecule has 2 unspecified atom stereocenters. The predicted octanol–water partition coefficient (Wildman–Crippen LogP) is 3.03. The van der Waals surface area contributed by atoms with E-state index in [0.717, 1.165) is 19.3 Å². The van der Waals surface area contributed by atoms with Crippen molar-refractivity contribution in [3.8, 4) is 0 Å². The van der Waals surface area contributed by atoms with E-state index in [1.807, 2.05) is 0 Å². The van der Waals surface area contributed by atoms with Gasteiger partial charge in [0.05, 0.1) is 15.6 Å². The van der Waals surface area contributed by atoms with E-state index < -0.39 is 10.0 Å². The van der Waals surface area contributed by atoms with Gasteiger partial charge >= 0.3 is 0 Å². The molecule has 0 heterocycles. The zero-order chi connectivity index (χ0) is 14.9. The van der Waals surface area contributed by atoms with Gasteiger partial charge in [0.2, 0.25) is 10.0 Å². The highest BCUT2D eigenvalue weighted by Crippen LogP contribution is 2.30. The molecule has 0 amide bonds. The SMILES string of the molecule is CC1CC(C)CC(NS(=O)(=O)c2ccc(Cl)c(N)c2)C1. The van der Waals surface area contributed by atoms with Crippen molar-refractivity contribution in [2.24, 2.45) is 11.8 Å². The second-order valence-electron chi connectivity index (χ2n) is 5.92. The number of nitrogen functional groups attached to an aromatic ring is 1. The smallest absolute Gasteiger partial charge is 0.240 e. The summed E-state index contributed by atoms with van der Waals surface area (Å²) in [6, 6.07) is 4.39. The summed E-state index contributed by atoms with van der Waals surface area (Å²) in [7, 11) is -3.53. The van der Waals surface area contributed by atoms with Crippen LogP contribution in [-0.4, -0.2) is 14.5 Å². The van der Waals surface area contributed by atoms with E-state index in [-0.39, 0.29) is 16.6 Å². The lowest BCUT2D eigenvalue weighted by atomic mass is 9.81. The van der Waals surface area contributed by atoms with Crippen LogP contribution >= 0.6 is 11.6 Å². The number of benzene rings is 1. The average molecular weight is 317 g/mol. The second-order valence-corrected chi connectivity index (χ2v) is 8.04. The fraction of sp³-hybridized carbons (Fsp3) is 0.571. The molecule has 3 N–H and O–H groups in total. The van der Waals surface area contributed by atoms with Crippen molar-refractivity contribution < 1.29 is 8.42 Å². The summed E-state index contributed by atoms with van der Waals surface area (Å²) in [5.41, 5.74) is 5.95. The van der Waals surface area contributed by atoms with E-state index in [0.29, 0.717) is 16.9 Å². The van der Waals surface area contributed by atoms with E-state index in [1.165, 1.54) is 18.2 Å². The van der Waals surface area contributed by atoms with Crippen LogP contribution < -0.4 is 10.5 Å². The van der Waals surface area contributed by atoms with E-state index >= 15 is 0 Å². The van der Waals surface area contributed by atoms with Gasteiger partial charge in [-0.3, -0.25) is 0 Å². The van der Waals surface area contributed by atoms with Gasteiger partial charge in [-0.15, -0.1) is 0 Å². The van der Waals surface area contributed by atoms with E-state index in [4.69, 9.17) is 17.3 Å². The number of sulfonamides is 1. The molecular weight excluding hydrogens is 296 g/mol. The van der Waals surface area contributed by atoms with Crippen molar-refractivity contribution in [3.63, 3.8) is 0 Å². The predicted molar refractivity (Wildman–Crippen MR) is 82.2 cm³/mol. The van der Waals surface area contributed by atoms with Gasteiger partial charge in [0.25, 0.3) is 0 Å². The lowest BCUT2D eigenvalue weighted by Crippen LogP contribution is -2.39. The fourth-order valence-corrected chi connectivity index (χ4v) is 4.43. The molecule has 0 aliphatic heterocycles. The Morgan fingerprint density at radius 2 is 1.80 bits per heavy atom. The molecule has 1 aromatic rings. The normalized spacial score (nSPS) is 27.4. The third-order valence-electron chi connectivity index (χ3n) is 3.78. The van der Waals surface area contributed by atoms with Crippen molar-refractivity contribution in [3.05, 3.63) is 23.2 Å². The Kier molecular flexibility index (Phi) is 4.62. The molecule has 0 aromatic heterocycles. The Balaban J connectivity index is 2.16. The fourth-order valence-electron chi connectivity index (χ4n) is 3.02. The van der Waals surface area contributed by atoms with E-state index in [1.54, 1.807) is 0 Å². The molecule has 0 saturated heterocycles. The maximum absolute atomic E-state index is 12.4. The Hall–Kier alpha value is -0.780. The molecule has 0 radical (unpaired) electrons. The molecule has 0 spiro atoms. The summed E-state index contributed by atoms with van der Waals surface area (Å²) in [6.45, 7) is 4.33. The lowest BCUT2D eigenvalue weighted by molar-refractivity contribution is 0.257. The minimum atomic E-state index is -3.53. The Morgan fingerprint density at radius 1 is 1.20 bits per heavy atom. The molecule has 2 rings (SSSR count). The van der Waals surface area contributed by atoms with E-state index in [2.05, 4.69) is 18.6 Å². The van der Waals surface area contributed by atoms with E-state index in [9.17, 15) is 8.42 Å². The van der Waals surface area contributed by atoms with Crippen molar-refractivity contribution in [2.45, 2.75) is 44.0 Å². The molecule has 20 heavy (non-hydrogen) atoms. The molecule has 2 atom stereocenters. The molecular formula is C14H21ClN2O2S. The quantitative estimate of drug-likeness (QED) is 0.842. The number of halogens is 1. The Labute approximate surface area is 125 Å². The van der Waals surface area contributed by atoms with Gasteiger partial charge in [-0.05, 0) is 49.3 Å². The summed E-state index contributed by atoms with van der Waals surface area (Å²) in [6.07, 6.45) is 2.92. The number of hydrogen-bond acceptors (Lipinski definition) is 3. The highest BCUT2D eigenvalue weighted by atomic mass is 35.5. The van der Waals surface area contributed by atoms with Gasteiger partial charge in [-0.1, -0.05) is 25.4 Å². The Bertz CT molecular complexity index is 579. The van der Waals surface area contributed by atoms with Crippen molar-refractivity contribution >= 4 is 27.3 Å². The second kappa shape index (κ2) is 5.92. The molecule has 0 bridgehead atoms. The van der Waals surface area contributed by atoms with Crippen LogP contribution in [0.15, 0.2) is 23.1 Å². The third kappa shape index (κ3) is 3.65. The molecule has 1 aromatic carbocycles. The number of nitrogens with two attached hydrogens (primary N) is 1. The molecule has 6 heteroatoms. The van der Waals surface area contributed by atoms with Crippen molar-refractivity contribution in [2.75, 3.05) is 5.73 Å². The number of hydrogen-bond donors (Lipinski definition) is 2. The average Bonchev–Trinajstić information content (AvgIpc) is 2.30. The summed E-state index contributed by atoms with van der Waals surface area (Å²) in [4.78, 5) is 0.172. The summed E-state index contributed by atoms with van der Waals surface area (Å²) in [5.74, 6) is 1.09. The molecule has 1 aliphatic carbocycles. The maximum Gasteiger partial charge on any atom is 0.240 e. The first-order valence-corrected chi connectivity index (χ1v) is 8.71. The largest absolute Gasteiger partial charge is 0.397 e. The first-order valence-electron chi connectivity index (χ1n) is 6.85. The van der Waals surface area contributed by atoms with Gasteiger partial charge in [-0.25, -0.2) is 13.1 Å². The summed E-state index contributed by atoms with van der Waals surface area (Å²) >= 11 is 5.82. The number of anilines is 1. The van der Waals surface area contributed by atoms with Gasteiger partial charge in [0.1, 0.15) is 0 Å². The van der Waals surface area contributed by atoms with Crippen LogP contribution in [0.3, 0.4) is 0 Å². The van der Waals surface area contributed by atoms with Gasteiger partial charge in [0, 0.05) is 6.04 Å². The topological polar surface area (TPSA) is 72.2 Å². The van der Waals surface area contributed by atoms with Crippen LogP contribution in [0, 0.1) is 11.8 Å². The van der Waals surface area contributed by atoms with Gasteiger partial charge in [-0.2, -0.15) is 0 Å². The molecule has 112 valence electrons. The van der Waals surface area contributed by atoms with Gasteiger partial charge in [0.15, 0.2) is 0 Å². The lowest BCUT2D eigenvalue weighted by Gasteiger charge is -2.31. The highest BCUT2D eigenvalue weighted by Gasteiger charge is 2.28. The summed E-state index contributed by atoms with van der Waals surface area (Å²) < 4.78 is 27.5. The van der Waals surface area contributed by atoms with Crippen LogP contribution in [0.5, 0.6) is 0 Å². The monoisotopic (exact) mass is 316 g/mol. The first kappa shape index (κ1) is 15.6. The van der Waals surface area contributed by atoms with Crippen LogP contribution in [0.1, 0.15) is 33.1 Å². The zero-order valence-electron chi connectivity index (χ0n) is 11.8. The molecule has 1 saturated carbocycles. The Morgan fingerprint density at radius 3 is 2.35 bits per heavy atom. The number of rotatable bonds is 3. The standard InChI is InChI=1S/C14H21ClN2O2S/c1-9-5-10(2)7-11(6-9)17-20(18,19)12-3-4-13(15)14(16)8-12/h3-4,8-11,17H,5-7,16H2,1-2H3. The molecule has 1 aliphatic rings. The molecule has 1 fully saturated rings. The minimum absolute atomic E-state index is 0.00403. The molecule has 4 nitrogen and oxygen atoms in total. The zero-order valence-corrected chi connectivity index (χ0v) is 13.3. The van der Waals surface area contributed by atoms with Crippen LogP contribution in [-0.2, 0) is 10.0 Å². The maximum atomic E-state index is 12.4.